The Morgan fingerprint density at radius 2 is 1.65 bits per heavy atom. The van der Waals surface area contributed by atoms with Crippen LogP contribution in [0.3, 0.4) is 0 Å². The minimum Gasteiger partial charge on any atom is -0.508 e. The molecule has 0 aliphatic carbocycles. The fourth-order valence-corrected chi connectivity index (χ4v) is 3.12. The molecule has 0 aromatic heterocycles. The average Bonchev–Trinajstić information content (AvgIpc) is 2.55. The summed E-state index contributed by atoms with van der Waals surface area (Å²) in [7, 11) is 0. The second kappa shape index (κ2) is 4.95. The molecule has 0 fully saturated rings. The van der Waals surface area contributed by atoms with Crippen molar-refractivity contribution in [3.63, 3.8) is 0 Å². The summed E-state index contributed by atoms with van der Waals surface area (Å²) in [5.74, 6) is -0.557. The van der Waals surface area contributed by atoms with Gasteiger partial charge in [0.15, 0.2) is 0 Å². The number of para-hydroxylation sites is 1. The van der Waals surface area contributed by atoms with E-state index in [1.54, 1.807) is 24.3 Å². The number of carbonyl (C=O) groups excluding carboxylic acids is 2. The number of amides is 2. The Labute approximate surface area is 132 Å². The number of carbonyl (C=O) groups is 2. The number of aromatic hydroxyl groups is 1. The molecule has 0 saturated carbocycles. The molecule has 0 atom stereocenters. The highest BCUT2D eigenvalue weighted by Crippen LogP contribution is 2.31. The molecule has 23 heavy (non-hydrogen) atoms. The number of benzene rings is 3. The lowest BCUT2D eigenvalue weighted by Gasteiger charge is -2.19. The van der Waals surface area contributed by atoms with Crippen LogP contribution in [0.2, 0.25) is 0 Å². The average molecular weight is 303 g/mol. The molecule has 4 rings (SSSR count). The molecule has 0 radical (unpaired) electrons. The molecular weight excluding hydrogens is 290 g/mol. The molecule has 0 saturated heterocycles. The van der Waals surface area contributed by atoms with Crippen LogP contribution in [0.15, 0.2) is 54.6 Å². The zero-order valence-corrected chi connectivity index (χ0v) is 12.2. The maximum absolute atomic E-state index is 12.4. The second-order valence-electron chi connectivity index (χ2n) is 5.59. The molecule has 0 unspecified atom stereocenters. The number of imide groups is 1. The highest BCUT2D eigenvalue weighted by molar-refractivity contribution is 6.26. The summed E-state index contributed by atoms with van der Waals surface area (Å²) < 4.78 is 0. The number of hydrogen-bond acceptors (Lipinski definition) is 3. The predicted octanol–water partition coefficient (Wildman–Crippen LogP) is 3.02. The van der Waals surface area contributed by atoms with E-state index in [0.29, 0.717) is 22.9 Å². The number of nitrogens with one attached hydrogen (secondary N) is 1. The van der Waals surface area contributed by atoms with E-state index in [2.05, 4.69) is 5.32 Å². The van der Waals surface area contributed by atoms with Gasteiger partial charge in [0, 0.05) is 17.4 Å². The molecule has 0 spiro atoms. The summed E-state index contributed by atoms with van der Waals surface area (Å²) in [6.07, 6.45) is 0.424. The highest BCUT2D eigenvalue weighted by atomic mass is 16.3. The topological polar surface area (TPSA) is 66.4 Å². The van der Waals surface area contributed by atoms with Crippen molar-refractivity contribution >= 4 is 22.6 Å². The van der Waals surface area contributed by atoms with Gasteiger partial charge >= 0.3 is 0 Å². The largest absolute Gasteiger partial charge is 0.508 e. The summed E-state index contributed by atoms with van der Waals surface area (Å²) >= 11 is 0. The van der Waals surface area contributed by atoms with Crippen LogP contribution in [-0.4, -0.2) is 16.9 Å². The normalized spacial score (nSPS) is 13.2. The highest BCUT2D eigenvalue weighted by Gasteiger charge is 2.27. The molecule has 0 bridgehead atoms. The van der Waals surface area contributed by atoms with Crippen LogP contribution in [0.4, 0.5) is 0 Å². The first kappa shape index (κ1) is 13.5. The van der Waals surface area contributed by atoms with Crippen molar-refractivity contribution in [1.82, 2.24) is 5.32 Å². The zero-order valence-electron chi connectivity index (χ0n) is 12.2. The predicted molar refractivity (Wildman–Crippen MR) is 86.7 cm³/mol. The third-order valence-electron chi connectivity index (χ3n) is 4.20. The minimum atomic E-state index is -0.385. The molecule has 1 aliphatic rings. The summed E-state index contributed by atoms with van der Waals surface area (Å²) in [6, 6.07) is 16.2. The van der Waals surface area contributed by atoms with Gasteiger partial charge in [0.2, 0.25) is 0 Å². The Balaban J connectivity index is 1.96. The van der Waals surface area contributed by atoms with Gasteiger partial charge in [-0.1, -0.05) is 42.5 Å². The number of phenolic OH excluding ortho intramolecular Hbond substituents is 1. The van der Waals surface area contributed by atoms with Crippen molar-refractivity contribution < 1.29 is 14.7 Å². The molecule has 112 valence electrons. The lowest BCUT2D eigenvalue weighted by atomic mass is 9.89. The SMILES string of the molecule is O=C1NC(=O)c2c(Cc3ccccc3O)ccc3cccc1c23. The van der Waals surface area contributed by atoms with E-state index >= 15 is 0 Å². The monoisotopic (exact) mass is 303 g/mol. The second-order valence-corrected chi connectivity index (χ2v) is 5.59. The van der Waals surface area contributed by atoms with E-state index in [0.717, 1.165) is 16.5 Å². The molecule has 1 aliphatic heterocycles. The smallest absolute Gasteiger partial charge is 0.259 e. The Hall–Kier alpha value is -3.14. The summed E-state index contributed by atoms with van der Waals surface area (Å²) in [5, 5.41) is 13.9. The van der Waals surface area contributed by atoms with Crippen LogP contribution in [0.5, 0.6) is 5.75 Å². The Morgan fingerprint density at radius 3 is 2.48 bits per heavy atom. The number of phenols is 1. The first-order valence-electron chi connectivity index (χ1n) is 7.32. The van der Waals surface area contributed by atoms with E-state index in [-0.39, 0.29) is 17.6 Å². The number of hydrogen-bond donors (Lipinski definition) is 2. The van der Waals surface area contributed by atoms with Crippen LogP contribution < -0.4 is 5.32 Å². The van der Waals surface area contributed by atoms with Crippen LogP contribution >= 0.6 is 0 Å². The minimum absolute atomic E-state index is 0.195. The van der Waals surface area contributed by atoms with Crippen LogP contribution in [0, 0.1) is 0 Å². The fraction of sp³-hybridized carbons (Fsp3) is 0.0526. The van der Waals surface area contributed by atoms with Gasteiger partial charge in [0.1, 0.15) is 5.75 Å². The maximum Gasteiger partial charge on any atom is 0.259 e. The first-order valence-corrected chi connectivity index (χ1v) is 7.32. The summed E-state index contributed by atoms with van der Waals surface area (Å²) in [5.41, 5.74) is 2.55. The van der Waals surface area contributed by atoms with E-state index in [1.165, 1.54) is 0 Å². The Bertz CT molecular complexity index is 976. The molecule has 4 heteroatoms. The summed E-state index contributed by atoms with van der Waals surface area (Å²) in [6.45, 7) is 0. The first-order chi connectivity index (χ1) is 11.1. The van der Waals surface area contributed by atoms with Crippen LogP contribution in [-0.2, 0) is 6.42 Å². The molecule has 3 aromatic rings. The Kier molecular flexibility index (Phi) is 2.91. The van der Waals surface area contributed by atoms with E-state index < -0.39 is 0 Å². The third-order valence-corrected chi connectivity index (χ3v) is 4.20. The van der Waals surface area contributed by atoms with Crippen molar-refractivity contribution in [3.8, 4) is 5.75 Å². The fourth-order valence-electron chi connectivity index (χ4n) is 3.12. The summed E-state index contributed by atoms with van der Waals surface area (Å²) in [4.78, 5) is 24.4. The molecule has 3 aromatic carbocycles. The van der Waals surface area contributed by atoms with Crippen molar-refractivity contribution in [2.75, 3.05) is 0 Å². The van der Waals surface area contributed by atoms with Crippen molar-refractivity contribution in [3.05, 3.63) is 76.9 Å². The van der Waals surface area contributed by atoms with Crippen molar-refractivity contribution in [2.24, 2.45) is 0 Å². The third kappa shape index (κ3) is 2.07. The molecule has 2 amide bonds. The lowest BCUT2D eigenvalue weighted by Crippen LogP contribution is -2.35. The van der Waals surface area contributed by atoms with E-state index in [4.69, 9.17) is 0 Å². The van der Waals surface area contributed by atoms with Gasteiger partial charge in [0.25, 0.3) is 11.8 Å². The van der Waals surface area contributed by atoms with Gasteiger partial charge in [0.05, 0.1) is 5.56 Å². The van der Waals surface area contributed by atoms with Crippen LogP contribution in [0.1, 0.15) is 31.8 Å². The molecule has 2 N–H and O–H groups in total. The standard InChI is InChI=1S/C19H13NO3/c21-15-7-2-1-4-12(15)10-13-9-8-11-5-3-6-14-16(11)17(13)19(23)20-18(14)22/h1-9,21H,10H2,(H,20,22,23). The van der Waals surface area contributed by atoms with Crippen LogP contribution in [0.25, 0.3) is 10.8 Å². The molecule has 1 heterocycles. The molecule has 4 nitrogen and oxygen atoms in total. The zero-order chi connectivity index (χ0) is 16.0. The van der Waals surface area contributed by atoms with Gasteiger partial charge < -0.3 is 5.11 Å². The van der Waals surface area contributed by atoms with Gasteiger partial charge in [-0.25, -0.2) is 0 Å². The van der Waals surface area contributed by atoms with Gasteiger partial charge in [-0.15, -0.1) is 0 Å². The van der Waals surface area contributed by atoms with Gasteiger partial charge in [-0.05, 0) is 28.6 Å². The van der Waals surface area contributed by atoms with Crippen molar-refractivity contribution in [1.29, 1.82) is 0 Å². The number of rotatable bonds is 2. The Morgan fingerprint density at radius 1 is 0.826 bits per heavy atom. The van der Waals surface area contributed by atoms with E-state index in [1.807, 2.05) is 30.3 Å². The molecular formula is C19H13NO3. The van der Waals surface area contributed by atoms with Gasteiger partial charge in [-0.3, -0.25) is 14.9 Å². The lowest BCUT2D eigenvalue weighted by molar-refractivity contribution is 0.0844. The quantitative estimate of drug-likeness (QED) is 0.715. The van der Waals surface area contributed by atoms with E-state index in [9.17, 15) is 14.7 Å². The van der Waals surface area contributed by atoms with Gasteiger partial charge in [-0.2, -0.15) is 0 Å². The maximum atomic E-state index is 12.4. The van der Waals surface area contributed by atoms with Crippen molar-refractivity contribution in [2.45, 2.75) is 6.42 Å².